The maximum absolute atomic E-state index is 11.9. The van der Waals surface area contributed by atoms with E-state index in [1.54, 1.807) is 35.9 Å². The summed E-state index contributed by atoms with van der Waals surface area (Å²) in [5.74, 6) is -0.129. The minimum Gasteiger partial charge on any atom is -0.462 e. The fourth-order valence-corrected chi connectivity index (χ4v) is 3.66. The third-order valence-electron chi connectivity index (χ3n) is 4.57. The average Bonchev–Trinajstić information content (AvgIpc) is 3.15. The van der Waals surface area contributed by atoms with Gasteiger partial charge in [-0.3, -0.25) is 10.1 Å². The number of benzene rings is 3. The predicted molar refractivity (Wildman–Crippen MR) is 120 cm³/mol. The number of non-ortho nitro benzene ring substituents is 1. The number of nitrogens with zero attached hydrogens (tertiary/aromatic N) is 3. The molecule has 8 nitrogen and oxygen atoms in total. The highest BCUT2D eigenvalue weighted by Gasteiger charge is 2.20. The molecule has 0 N–H and O–H groups in total. The number of esters is 1. The summed E-state index contributed by atoms with van der Waals surface area (Å²) in [4.78, 5) is 22.3. The zero-order valence-electron chi connectivity index (χ0n) is 16.6. The molecule has 162 valence electrons. The number of para-hydroxylation sites is 1. The molecule has 0 aliphatic heterocycles. The highest BCUT2D eigenvalue weighted by atomic mass is 35.5. The number of fused-ring (bicyclic) bond motifs is 1. The fraction of sp³-hybridized carbons (Fsp3) is 0.0909. The number of aromatic nitrogens is 2. The van der Waals surface area contributed by atoms with Gasteiger partial charge in [0.15, 0.2) is 5.75 Å². The Morgan fingerprint density at radius 3 is 2.38 bits per heavy atom. The van der Waals surface area contributed by atoms with Crippen LogP contribution in [0.3, 0.4) is 0 Å². The second kappa shape index (κ2) is 8.86. The number of hydrogen-bond donors (Lipinski definition) is 0. The number of nitro groups is 1. The lowest BCUT2D eigenvalue weighted by atomic mass is 10.2. The van der Waals surface area contributed by atoms with Crippen molar-refractivity contribution in [2.45, 2.75) is 6.92 Å². The Bertz CT molecular complexity index is 1310. The molecule has 32 heavy (non-hydrogen) atoms. The maximum atomic E-state index is 11.9. The van der Waals surface area contributed by atoms with E-state index in [0.29, 0.717) is 23.2 Å². The maximum Gasteiger partial charge on any atom is 0.338 e. The van der Waals surface area contributed by atoms with E-state index < -0.39 is 10.9 Å². The highest BCUT2D eigenvalue weighted by molar-refractivity contribution is 6.37. The number of hydrogen-bond acceptors (Lipinski definition) is 6. The second-order valence-electron chi connectivity index (χ2n) is 6.60. The van der Waals surface area contributed by atoms with Crippen LogP contribution >= 0.6 is 23.2 Å². The first-order valence-electron chi connectivity index (χ1n) is 9.45. The van der Waals surface area contributed by atoms with Crippen molar-refractivity contribution in [1.82, 2.24) is 9.78 Å². The van der Waals surface area contributed by atoms with Gasteiger partial charge in [0.1, 0.15) is 0 Å². The molecular formula is C22H15Cl2N3O5. The smallest absolute Gasteiger partial charge is 0.338 e. The molecule has 10 heteroatoms. The van der Waals surface area contributed by atoms with Crippen molar-refractivity contribution in [1.29, 1.82) is 0 Å². The summed E-state index contributed by atoms with van der Waals surface area (Å²) in [7, 11) is 0. The van der Waals surface area contributed by atoms with Crippen LogP contribution in [-0.2, 0) is 4.74 Å². The van der Waals surface area contributed by atoms with E-state index in [-0.39, 0.29) is 27.4 Å². The molecule has 0 aliphatic carbocycles. The Morgan fingerprint density at radius 1 is 1.09 bits per heavy atom. The largest absolute Gasteiger partial charge is 0.462 e. The van der Waals surface area contributed by atoms with Gasteiger partial charge in [-0.15, -0.1) is 5.10 Å². The number of nitro benzene ring substituents is 1. The molecule has 0 spiro atoms. The first-order chi connectivity index (χ1) is 15.4. The predicted octanol–water partition coefficient (Wildman–Crippen LogP) is 6.21. The van der Waals surface area contributed by atoms with Gasteiger partial charge < -0.3 is 9.47 Å². The van der Waals surface area contributed by atoms with Gasteiger partial charge in [-0.2, -0.15) is 0 Å². The van der Waals surface area contributed by atoms with E-state index in [9.17, 15) is 14.9 Å². The molecule has 0 amide bonds. The van der Waals surface area contributed by atoms with Crippen LogP contribution in [0.2, 0.25) is 10.0 Å². The first kappa shape index (κ1) is 21.6. The van der Waals surface area contributed by atoms with Crippen LogP contribution in [0.15, 0.2) is 60.7 Å². The minimum atomic E-state index is -0.592. The summed E-state index contributed by atoms with van der Waals surface area (Å²) in [5, 5.41) is 16.2. The Hall–Kier alpha value is -3.62. The van der Waals surface area contributed by atoms with E-state index in [2.05, 4.69) is 5.10 Å². The molecule has 1 heterocycles. The Kier molecular flexibility index (Phi) is 5.98. The standard InChI is InChI=1S/C22H15Cl2N3O5/c1-2-31-22(28)13-7-9-14(10-8-13)26-19-6-4-3-5-16(19)21(25-26)32-20-17(23)11-15(27(29)30)12-18(20)24/h3-12H,2H2,1H3. The number of halogens is 2. The van der Waals surface area contributed by atoms with Crippen LogP contribution in [0, 0.1) is 10.1 Å². The van der Waals surface area contributed by atoms with Gasteiger partial charge in [0, 0.05) is 12.1 Å². The fourth-order valence-electron chi connectivity index (χ4n) is 3.11. The Balaban J connectivity index is 1.75. The summed E-state index contributed by atoms with van der Waals surface area (Å²) < 4.78 is 12.5. The molecule has 0 bridgehead atoms. The van der Waals surface area contributed by atoms with Gasteiger partial charge in [0.25, 0.3) is 5.69 Å². The molecule has 1 aromatic heterocycles. The van der Waals surface area contributed by atoms with Crippen LogP contribution in [0.1, 0.15) is 17.3 Å². The van der Waals surface area contributed by atoms with Crippen LogP contribution in [-0.4, -0.2) is 27.3 Å². The number of carbonyl (C=O) groups excluding carboxylic acids is 1. The van der Waals surface area contributed by atoms with E-state index in [0.717, 1.165) is 17.6 Å². The van der Waals surface area contributed by atoms with Crippen molar-refractivity contribution in [2.24, 2.45) is 0 Å². The number of rotatable bonds is 6. The zero-order valence-corrected chi connectivity index (χ0v) is 18.1. The molecule has 4 aromatic rings. The molecule has 0 aliphatic rings. The van der Waals surface area contributed by atoms with Crippen molar-refractivity contribution < 1.29 is 19.2 Å². The van der Waals surface area contributed by atoms with E-state index in [1.807, 2.05) is 24.3 Å². The molecule has 0 saturated carbocycles. The SMILES string of the molecule is CCOC(=O)c1ccc(-n2nc(Oc3c(Cl)cc([N+](=O)[O-])cc3Cl)c3ccccc32)cc1. The average molecular weight is 472 g/mol. The van der Waals surface area contributed by atoms with Crippen molar-refractivity contribution in [2.75, 3.05) is 6.61 Å². The van der Waals surface area contributed by atoms with Crippen LogP contribution in [0.25, 0.3) is 16.6 Å². The van der Waals surface area contributed by atoms with Gasteiger partial charge in [-0.05, 0) is 43.3 Å². The van der Waals surface area contributed by atoms with Crippen LogP contribution < -0.4 is 4.74 Å². The Labute approximate surface area is 192 Å². The molecule has 0 fully saturated rings. The van der Waals surface area contributed by atoms with Gasteiger partial charge in [0.2, 0.25) is 5.88 Å². The summed E-state index contributed by atoms with van der Waals surface area (Å²) in [6, 6.07) is 16.4. The minimum absolute atomic E-state index is 0.0124. The normalized spacial score (nSPS) is 10.8. The van der Waals surface area contributed by atoms with E-state index >= 15 is 0 Å². The van der Waals surface area contributed by atoms with Crippen LogP contribution in [0.4, 0.5) is 5.69 Å². The van der Waals surface area contributed by atoms with E-state index in [1.165, 1.54) is 0 Å². The van der Waals surface area contributed by atoms with Crippen LogP contribution in [0.5, 0.6) is 11.6 Å². The highest BCUT2D eigenvalue weighted by Crippen LogP contribution is 2.41. The number of ether oxygens (including phenoxy) is 2. The molecular weight excluding hydrogens is 457 g/mol. The summed E-state index contributed by atoms with van der Waals surface area (Å²) in [6.45, 7) is 2.03. The molecule has 3 aromatic carbocycles. The van der Waals surface area contributed by atoms with Gasteiger partial charge >= 0.3 is 5.97 Å². The first-order valence-corrected chi connectivity index (χ1v) is 10.2. The lowest BCUT2D eigenvalue weighted by molar-refractivity contribution is -0.384. The van der Waals surface area contributed by atoms with Crippen molar-refractivity contribution in [3.63, 3.8) is 0 Å². The third kappa shape index (κ3) is 4.10. The second-order valence-corrected chi connectivity index (χ2v) is 7.41. The summed E-state index contributed by atoms with van der Waals surface area (Å²) in [5.41, 5.74) is 1.60. The lowest BCUT2D eigenvalue weighted by Gasteiger charge is -2.07. The molecule has 0 unspecified atom stereocenters. The molecule has 0 saturated heterocycles. The Morgan fingerprint density at radius 2 is 1.75 bits per heavy atom. The zero-order chi connectivity index (χ0) is 22.8. The quantitative estimate of drug-likeness (QED) is 0.188. The van der Waals surface area contributed by atoms with Crippen molar-refractivity contribution in [3.05, 3.63) is 86.4 Å². The molecule has 0 radical (unpaired) electrons. The van der Waals surface area contributed by atoms with Gasteiger partial charge in [0.05, 0.1) is 43.7 Å². The lowest BCUT2D eigenvalue weighted by Crippen LogP contribution is -2.05. The van der Waals surface area contributed by atoms with Crippen molar-refractivity contribution >= 4 is 45.8 Å². The summed E-state index contributed by atoms with van der Waals surface area (Å²) in [6.07, 6.45) is 0. The van der Waals surface area contributed by atoms with Crippen molar-refractivity contribution in [3.8, 4) is 17.3 Å². The van der Waals surface area contributed by atoms with Gasteiger partial charge in [-0.25, -0.2) is 9.48 Å². The van der Waals surface area contributed by atoms with E-state index in [4.69, 9.17) is 32.7 Å². The number of carbonyl (C=O) groups is 1. The summed E-state index contributed by atoms with van der Waals surface area (Å²) >= 11 is 12.4. The van der Waals surface area contributed by atoms with Gasteiger partial charge in [-0.1, -0.05) is 35.3 Å². The topological polar surface area (TPSA) is 96.5 Å². The third-order valence-corrected chi connectivity index (χ3v) is 5.13. The molecule has 4 rings (SSSR count). The molecule has 0 atom stereocenters. The monoisotopic (exact) mass is 471 g/mol.